The Morgan fingerprint density at radius 2 is 2.00 bits per heavy atom. The number of rotatable bonds is 6. The number of carbonyl (C=O) groups excluding carboxylic acids is 1. The van der Waals surface area contributed by atoms with E-state index >= 15 is 0 Å². The minimum atomic E-state index is -0.367. The van der Waals surface area contributed by atoms with E-state index in [9.17, 15) is 4.79 Å². The first kappa shape index (κ1) is 11.1. The van der Waals surface area contributed by atoms with Crippen molar-refractivity contribution in [3.8, 4) is 0 Å². The van der Waals surface area contributed by atoms with Crippen molar-refractivity contribution in [2.24, 2.45) is 11.7 Å². The van der Waals surface area contributed by atoms with Crippen LogP contribution in [0.3, 0.4) is 0 Å². The lowest BCUT2D eigenvalue weighted by atomic mass is 10.1. The molecule has 0 radical (unpaired) electrons. The Bertz CT molecular complexity index is 355. The van der Waals surface area contributed by atoms with Crippen LogP contribution in [0.25, 0.3) is 0 Å². The number of amides is 1. The van der Waals surface area contributed by atoms with Crippen molar-refractivity contribution < 1.29 is 4.79 Å². The van der Waals surface area contributed by atoms with Gasteiger partial charge in [-0.15, -0.1) is 0 Å². The molecule has 3 heteroatoms. The maximum absolute atomic E-state index is 10.9. The highest BCUT2D eigenvalue weighted by Gasteiger charge is 2.19. The van der Waals surface area contributed by atoms with Crippen molar-refractivity contribution in [1.82, 2.24) is 5.32 Å². The summed E-state index contributed by atoms with van der Waals surface area (Å²) in [5.41, 5.74) is 6.94. The molecule has 1 saturated carbocycles. The molecule has 0 bridgehead atoms. The zero-order chi connectivity index (χ0) is 11.4. The van der Waals surface area contributed by atoms with Gasteiger partial charge >= 0.3 is 0 Å². The van der Waals surface area contributed by atoms with Gasteiger partial charge in [0.1, 0.15) is 0 Å². The quantitative estimate of drug-likeness (QED) is 0.714. The molecule has 1 amide bonds. The lowest BCUT2D eigenvalue weighted by molar-refractivity contribution is 0.100. The summed E-state index contributed by atoms with van der Waals surface area (Å²) in [4.78, 5) is 10.9. The van der Waals surface area contributed by atoms with Gasteiger partial charge in [-0.2, -0.15) is 0 Å². The molecule has 0 aromatic heterocycles. The normalized spacial score (nSPS) is 15.0. The van der Waals surface area contributed by atoms with Crippen LogP contribution in [-0.4, -0.2) is 12.5 Å². The fraction of sp³-hybridized carbons (Fsp3) is 0.462. The number of nitrogens with one attached hydrogen (secondary N) is 1. The average molecular weight is 218 g/mol. The van der Waals surface area contributed by atoms with Gasteiger partial charge in [-0.3, -0.25) is 4.79 Å². The Labute approximate surface area is 96.0 Å². The molecule has 0 spiro atoms. The van der Waals surface area contributed by atoms with Gasteiger partial charge in [0.2, 0.25) is 5.91 Å². The van der Waals surface area contributed by atoms with Gasteiger partial charge in [0.15, 0.2) is 0 Å². The van der Waals surface area contributed by atoms with Crippen molar-refractivity contribution in [2.45, 2.75) is 25.8 Å². The Morgan fingerprint density at radius 1 is 1.31 bits per heavy atom. The molecule has 0 atom stereocenters. The van der Waals surface area contributed by atoms with Gasteiger partial charge < -0.3 is 11.1 Å². The smallest absolute Gasteiger partial charge is 0.248 e. The molecule has 0 heterocycles. The fourth-order valence-electron chi connectivity index (χ4n) is 1.73. The summed E-state index contributed by atoms with van der Waals surface area (Å²) in [6.07, 6.45) is 4.11. The Kier molecular flexibility index (Phi) is 3.57. The van der Waals surface area contributed by atoms with Gasteiger partial charge in [-0.05, 0) is 36.6 Å². The van der Waals surface area contributed by atoms with Crippen LogP contribution >= 0.6 is 0 Å². The molecule has 86 valence electrons. The summed E-state index contributed by atoms with van der Waals surface area (Å²) in [7, 11) is 0. The van der Waals surface area contributed by atoms with Crippen LogP contribution in [0, 0.1) is 5.92 Å². The van der Waals surface area contributed by atoms with Gasteiger partial charge in [0, 0.05) is 12.1 Å². The summed E-state index contributed by atoms with van der Waals surface area (Å²) in [5, 5.41) is 3.41. The third kappa shape index (κ3) is 3.35. The monoisotopic (exact) mass is 218 g/mol. The lowest BCUT2D eigenvalue weighted by Crippen LogP contribution is -2.15. The number of hydrogen-bond donors (Lipinski definition) is 2. The van der Waals surface area contributed by atoms with Crippen LogP contribution in [0.15, 0.2) is 24.3 Å². The topological polar surface area (TPSA) is 55.1 Å². The van der Waals surface area contributed by atoms with Crippen LogP contribution in [0.1, 0.15) is 35.2 Å². The number of nitrogens with two attached hydrogens (primary N) is 1. The maximum Gasteiger partial charge on any atom is 0.248 e. The van der Waals surface area contributed by atoms with Crippen LogP contribution in [0.4, 0.5) is 0 Å². The summed E-state index contributed by atoms with van der Waals surface area (Å²) in [6.45, 7) is 1.95. The predicted octanol–water partition coefficient (Wildman–Crippen LogP) is 1.68. The third-order valence-electron chi connectivity index (χ3n) is 2.99. The summed E-state index contributed by atoms with van der Waals surface area (Å²) in [6, 6.07) is 7.45. The Balaban J connectivity index is 1.73. The van der Waals surface area contributed by atoms with E-state index in [-0.39, 0.29) is 5.91 Å². The first-order chi connectivity index (χ1) is 7.75. The molecule has 16 heavy (non-hydrogen) atoms. The molecule has 0 unspecified atom stereocenters. The molecule has 0 aliphatic heterocycles. The van der Waals surface area contributed by atoms with Gasteiger partial charge in [0.25, 0.3) is 0 Å². The second-order valence-corrected chi connectivity index (χ2v) is 4.47. The highest BCUT2D eigenvalue weighted by atomic mass is 16.1. The van der Waals surface area contributed by atoms with Crippen molar-refractivity contribution in [1.29, 1.82) is 0 Å². The summed E-state index contributed by atoms with van der Waals surface area (Å²) < 4.78 is 0. The van der Waals surface area contributed by atoms with E-state index in [1.165, 1.54) is 24.8 Å². The van der Waals surface area contributed by atoms with Crippen LogP contribution in [-0.2, 0) is 6.54 Å². The summed E-state index contributed by atoms with van der Waals surface area (Å²) >= 11 is 0. The molecular weight excluding hydrogens is 200 g/mol. The molecule has 1 aliphatic carbocycles. The molecule has 1 aromatic rings. The lowest BCUT2D eigenvalue weighted by Gasteiger charge is -2.04. The number of primary amides is 1. The highest BCUT2D eigenvalue weighted by Crippen LogP contribution is 2.31. The van der Waals surface area contributed by atoms with E-state index in [4.69, 9.17) is 5.73 Å². The molecular formula is C13H18N2O. The predicted molar refractivity (Wildman–Crippen MR) is 64.0 cm³/mol. The molecule has 0 saturated heterocycles. The number of hydrogen-bond acceptors (Lipinski definition) is 2. The van der Waals surface area contributed by atoms with E-state index in [1.807, 2.05) is 12.1 Å². The molecule has 2 rings (SSSR count). The van der Waals surface area contributed by atoms with Crippen LogP contribution in [0.2, 0.25) is 0 Å². The average Bonchev–Trinajstić information content (AvgIpc) is 3.09. The molecule has 1 aromatic carbocycles. The van der Waals surface area contributed by atoms with Crippen LogP contribution < -0.4 is 11.1 Å². The van der Waals surface area contributed by atoms with Crippen LogP contribution in [0.5, 0.6) is 0 Å². The van der Waals surface area contributed by atoms with Crippen molar-refractivity contribution >= 4 is 5.91 Å². The minimum absolute atomic E-state index is 0.367. The Morgan fingerprint density at radius 3 is 2.56 bits per heavy atom. The minimum Gasteiger partial charge on any atom is -0.366 e. The summed E-state index contributed by atoms with van der Waals surface area (Å²) in [5.74, 6) is 0.609. The standard InChI is InChI=1S/C13H18N2O/c14-13(16)12-5-3-11(4-6-12)9-15-8-7-10-1-2-10/h3-6,10,15H,1-2,7-9H2,(H2,14,16). The SMILES string of the molecule is NC(=O)c1ccc(CNCCC2CC2)cc1. The highest BCUT2D eigenvalue weighted by molar-refractivity contribution is 5.92. The zero-order valence-corrected chi connectivity index (χ0v) is 9.41. The van der Waals surface area contributed by atoms with Gasteiger partial charge in [-0.25, -0.2) is 0 Å². The number of carbonyl (C=O) groups is 1. The Hall–Kier alpha value is -1.35. The number of benzene rings is 1. The van der Waals surface area contributed by atoms with E-state index in [0.717, 1.165) is 19.0 Å². The zero-order valence-electron chi connectivity index (χ0n) is 9.41. The maximum atomic E-state index is 10.9. The largest absolute Gasteiger partial charge is 0.366 e. The first-order valence-electron chi connectivity index (χ1n) is 5.85. The van der Waals surface area contributed by atoms with Crippen molar-refractivity contribution in [3.63, 3.8) is 0 Å². The van der Waals surface area contributed by atoms with Gasteiger partial charge in [-0.1, -0.05) is 25.0 Å². The molecule has 1 aliphatic rings. The fourth-order valence-corrected chi connectivity index (χ4v) is 1.73. The first-order valence-corrected chi connectivity index (χ1v) is 5.85. The van der Waals surface area contributed by atoms with E-state index < -0.39 is 0 Å². The molecule has 3 nitrogen and oxygen atoms in total. The van der Waals surface area contributed by atoms with E-state index in [1.54, 1.807) is 12.1 Å². The van der Waals surface area contributed by atoms with Gasteiger partial charge in [0.05, 0.1) is 0 Å². The second kappa shape index (κ2) is 5.12. The molecule has 3 N–H and O–H groups in total. The van der Waals surface area contributed by atoms with Crippen molar-refractivity contribution in [2.75, 3.05) is 6.54 Å². The van der Waals surface area contributed by atoms with E-state index in [0.29, 0.717) is 5.56 Å². The van der Waals surface area contributed by atoms with Crippen molar-refractivity contribution in [3.05, 3.63) is 35.4 Å². The third-order valence-corrected chi connectivity index (χ3v) is 2.99. The molecule has 1 fully saturated rings. The second-order valence-electron chi connectivity index (χ2n) is 4.47. The van der Waals surface area contributed by atoms with E-state index in [2.05, 4.69) is 5.32 Å².